The van der Waals surface area contributed by atoms with E-state index in [0.29, 0.717) is 10.8 Å². The number of hydrogen-bond acceptors (Lipinski definition) is 7. The van der Waals surface area contributed by atoms with E-state index in [9.17, 15) is 10.2 Å². The molecule has 1 aliphatic carbocycles. The Hall–Kier alpha value is -1.98. The number of benzene rings is 1. The fourth-order valence-electron chi connectivity index (χ4n) is 3.67. The van der Waals surface area contributed by atoms with Crippen molar-refractivity contribution in [1.29, 1.82) is 5.26 Å². The normalized spacial score (nSPS) is 28.3. The second-order valence-corrected chi connectivity index (χ2v) is 8.24. The van der Waals surface area contributed by atoms with Crippen molar-refractivity contribution in [2.45, 2.75) is 50.0 Å². The van der Waals surface area contributed by atoms with Gasteiger partial charge < -0.3 is 20.3 Å². The van der Waals surface area contributed by atoms with Crippen LogP contribution < -0.4 is 5.32 Å². The van der Waals surface area contributed by atoms with Gasteiger partial charge in [-0.2, -0.15) is 5.26 Å². The monoisotopic (exact) mass is 385 g/mol. The van der Waals surface area contributed by atoms with Gasteiger partial charge >= 0.3 is 0 Å². The summed E-state index contributed by atoms with van der Waals surface area (Å²) in [4.78, 5) is 4.10. The van der Waals surface area contributed by atoms with E-state index in [-0.39, 0.29) is 6.61 Å². The van der Waals surface area contributed by atoms with E-state index in [1.807, 2.05) is 18.2 Å². The number of nitriles is 1. The first-order valence-corrected chi connectivity index (χ1v) is 10.2. The number of ether oxygens (including phenoxy) is 1. The highest BCUT2D eigenvalue weighted by atomic mass is 32.1. The fraction of sp³-hybridized carbons (Fsp3) is 0.500. The van der Waals surface area contributed by atoms with Crippen LogP contribution in [-0.4, -0.2) is 40.1 Å². The van der Waals surface area contributed by atoms with Gasteiger partial charge in [-0.1, -0.05) is 43.5 Å². The number of thiazole rings is 1. The molecule has 7 heteroatoms. The molecule has 0 spiro atoms. The molecule has 27 heavy (non-hydrogen) atoms. The highest BCUT2D eigenvalue weighted by molar-refractivity contribution is 7.13. The maximum atomic E-state index is 10.6. The minimum Gasteiger partial charge on any atom is -0.388 e. The quantitative estimate of drug-likeness (QED) is 0.732. The predicted octanol–water partition coefficient (Wildman–Crippen LogP) is 2.63. The Labute approximate surface area is 162 Å². The molecule has 6 nitrogen and oxygen atoms in total. The summed E-state index contributed by atoms with van der Waals surface area (Å²) in [6, 6.07) is 9.66. The maximum Gasteiger partial charge on any atom is 0.184 e. The minimum atomic E-state index is -1.04. The summed E-state index contributed by atoms with van der Waals surface area (Å²) < 4.78 is 5.86. The van der Waals surface area contributed by atoms with E-state index in [0.717, 1.165) is 17.9 Å². The van der Waals surface area contributed by atoms with Gasteiger partial charge in [0.2, 0.25) is 0 Å². The number of rotatable bonds is 5. The Bertz CT molecular complexity index is 813. The third-order valence-electron chi connectivity index (χ3n) is 5.51. The number of aliphatic hydroxyl groups excluding tert-OH is 2. The number of hydrogen-bond donors (Lipinski definition) is 3. The Kier molecular flexibility index (Phi) is 5.41. The van der Waals surface area contributed by atoms with Gasteiger partial charge in [-0.15, -0.1) is 11.3 Å². The molecule has 0 amide bonds. The van der Waals surface area contributed by atoms with Crippen molar-refractivity contribution in [2.75, 3.05) is 11.9 Å². The van der Waals surface area contributed by atoms with Gasteiger partial charge in [0.05, 0.1) is 12.6 Å². The highest BCUT2D eigenvalue weighted by Gasteiger charge is 2.39. The fourth-order valence-corrected chi connectivity index (χ4v) is 4.36. The van der Waals surface area contributed by atoms with E-state index >= 15 is 0 Å². The first kappa shape index (κ1) is 18.4. The molecule has 1 saturated heterocycles. The number of nitrogens with zero attached hydrogens (tertiary/aromatic N) is 2. The van der Waals surface area contributed by atoms with Crippen LogP contribution in [0.15, 0.2) is 29.6 Å². The summed E-state index contributed by atoms with van der Waals surface area (Å²) >= 11 is 1.29. The summed E-state index contributed by atoms with van der Waals surface area (Å²) in [6.45, 7) is 0.244. The number of aliphatic hydroxyl groups is 2. The summed E-state index contributed by atoms with van der Waals surface area (Å²) in [6.07, 6.45) is 2.51. The average molecular weight is 385 g/mol. The zero-order valence-electron chi connectivity index (χ0n) is 14.9. The molecule has 1 saturated carbocycles. The molecule has 2 heterocycles. The van der Waals surface area contributed by atoms with Crippen molar-refractivity contribution < 1.29 is 14.9 Å². The Morgan fingerprint density at radius 3 is 2.63 bits per heavy atom. The van der Waals surface area contributed by atoms with Crippen LogP contribution >= 0.6 is 11.3 Å². The van der Waals surface area contributed by atoms with Gasteiger partial charge in [-0.05, 0) is 23.5 Å². The average Bonchev–Trinajstić information content (AvgIpc) is 3.11. The molecule has 0 bridgehead atoms. The van der Waals surface area contributed by atoms with E-state index in [1.165, 1.54) is 36.2 Å². The van der Waals surface area contributed by atoms with E-state index in [1.54, 1.807) is 5.38 Å². The van der Waals surface area contributed by atoms with E-state index in [4.69, 9.17) is 10.00 Å². The van der Waals surface area contributed by atoms with Crippen LogP contribution in [0.4, 0.5) is 5.13 Å². The van der Waals surface area contributed by atoms with Crippen LogP contribution in [0.2, 0.25) is 0 Å². The molecule has 1 aliphatic heterocycles. The summed E-state index contributed by atoms with van der Waals surface area (Å²) in [5.74, 6) is 0.813. The van der Waals surface area contributed by atoms with E-state index in [2.05, 4.69) is 22.4 Å². The second kappa shape index (κ2) is 7.95. The lowest BCUT2D eigenvalue weighted by Crippen LogP contribution is -2.52. The van der Waals surface area contributed by atoms with Crippen LogP contribution in [0, 0.1) is 17.2 Å². The third kappa shape index (κ3) is 3.99. The third-order valence-corrected chi connectivity index (χ3v) is 6.29. The summed E-state index contributed by atoms with van der Waals surface area (Å²) in [7, 11) is 0. The molecule has 142 valence electrons. The molecule has 2 fully saturated rings. The van der Waals surface area contributed by atoms with Gasteiger partial charge in [-0.3, -0.25) is 0 Å². The topological polar surface area (TPSA) is 98.4 Å². The Morgan fingerprint density at radius 2 is 2.00 bits per heavy atom. The van der Waals surface area contributed by atoms with Gasteiger partial charge in [0.15, 0.2) is 10.8 Å². The molecule has 1 aromatic carbocycles. The minimum absolute atomic E-state index is 0.244. The van der Waals surface area contributed by atoms with Crippen molar-refractivity contribution in [1.82, 2.24) is 4.98 Å². The van der Waals surface area contributed by atoms with Crippen molar-refractivity contribution >= 4 is 16.5 Å². The molecule has 2 aromatic rings. The first-order valence-electron chi connectivity index (χ1n) is 9.33. The Morgan fingerprint density at radius 1 is 1.22 bits per heavy atom. The second-order valence-electron chi connectivity index (χ2n) is 7.38. The lowest BCUT2D eigenvalue weighted by atomic mass is 9.81. The molecule has 3 N–H and O–H groups in total. The Balaban J connectivity index is 1.38. The zero-order chi connectivity index (χ0) is 18.8. The molecule has 1 aromatic heterocycles. The zero-order valence-corrected chi connectivity index (χ0v) is 15.7. The highest BCUT2D eigenvalue weighted by Crippen LogP contribution is 2.33. The van der Waals surface area contributed by atoms with Crippen LogP contribution in [0.5, 0.6) is 0 Å². The molecule has 4 rings (SSSR count). The lowest BCUT2D eigenvalue weighted by Gasteiger charge is -2.38. The summed E-state index contributed by atoms with van der Waals surface area (Å²) in [5.41, 5.74) is 2.51. The number of aromatic nitrogens is 1. The van der Waals surface area contributed by atoms with E-state index < -0.39 is 24.4 Å². The van der Waals surface area contributed by atoms with Crippen molar-refractivity contribution in [3.8, 4) is 6.07 Å². The van der Waals surface area contributed by atoms with Crippen molar-refractivity contribution in [3.63, 3.8) is 0 Å². The van der Waals surface area contributed by atoms with Crippen molar-refractivity contribution in [2.24, 2.45) is 5.92 Å². The smallest absolute Gasteiger partial charge is 0.184 e. The molecule has 2 aliphatic rings. The van der Waals surface area contributed by atoms with Crippen LogP contribution in [-0.2, 0) is 11.2 Å². The number of anilines is 1. The molecular formula is C20H23N3O3S. The first-order chi connectivity index (χ1) is 13.1. The van der Waals surface area contributed by atoms with Gasteiger partial charge in [-0.25, -0.2) is 4.98 Å². The lowest BCUT2D eigenvalue weighted by molar-refractivity contribution is -0.142. The molecule has 0 radical (unpaired) electrons. The van der Waals surface area contributed by atoms with Crippen LogP contribution in [0.25, 0.3) is 0 Å². The van der Waals surface area contributed by atoms with Crippen LogP contribution in [0.1, 0.15) is 42.2 Å². The van der Waals surface area contributed by atoms with Gasteiger partial charge in [0.25, 0.3) is 0 Å². The number of nitrogens with one attached hydrogen (secondary N) is 1. The van der Waals surface area contributed by atoms with Crippen LogP contribution in [0.3, 0.4) is 0 Å². The van der Waals surface area contributed by atoms with Gasteiger partial charge in [0, 0.05) is 5.38 Å². The molecular weight excluding hydrogens is 362 g/mol. The maximum absolute atomic E-state index is 10.6. The SMILES string of the molecule is N#Cc1csc(N[C@H]2CO[C@H](c3ccc(CC4CCC4)cc3)[C@H](O)[C@@H]2O)n1. The predicted molar refractivity (Wildman–Crippen MR) is 102 cm³/mol. The molecule has 0 unspecified atom stereocenters. The molecule has 4 atom stereocenters. The van der Waals surface area contributed by atoms with Crippen molar-refractivity contribution in [3.05, 3.63) is 46.5 Å². The largest absolute Gasteiger partial charge is 0.388 e. The van der Waals surface area contributed by atoms with Gasteiger partial charge in [0.1, 0.15) is 24.4 Å². The summed E-state index contributed by atoms with van der Waals surface area (Å²) in [5, 5.41) is 35.2. The standard InChI is InChI=1S/C20H23N3O3S/c21-9-15-11-27-20(22-15)23-16-10-26-19(18(25)17(16)24)14-6-4-13(5-7-14)8-12-2-1-3-12/h4-7,11-12,16-19,24-25H,1-3,8,10H2,(H,22,23)/t16-,17+,18+,19+/m0/s1.